The molecule has 0 spiro atoms. The Morgan fingerprint density at radius 3 is 2.25 bits per heavy atom. The third kappa shape index (κ3) is 7.42. The molecule has 0 fully saturated rings. The fraction of sp³-hybridized carbons (Fsp3) is 0.263. The van der Waals surface area contributed by atoms with Crippen LogP contribution >= 0.6 is 11.6 Å². The quantitative estimate of drug-likeness (QED) is 0.473. The monoisotopic (exact) mass is 413 g/mol. The molecular formula is C19H21ClFNO6. The highest BCUT2D eigenvalue weighted by Gasteiger charge is 2.07. The summed E-state index contributed by atoms with van der Waals surface area (Å²) in [4.78, 5) is 18.2. The lowest BCUT2D eigenvalue weighted by Gasteiger charge is -2.10. The van der Waals surface area contributed by atoms with Crippen molar-refractivity contribution in [3.63, 3.8) is 0 Å². The lowest BCUT2D eigenvalue weighted by atomic mass is 10.1. The van der Waals surface area contributed by atoms with Crippen molar-refractivity contribution in [1.29, 1.82) is 0 Å². The molecule has 152 valence electrons. The normalized spacial score (nSPS) is 9.86. The molecule has 0 saturated heterocycles. The number of hydrogen-bond donors (Lipinski definition) is 3. The molecule has 0 saturated carbocycles. The van der Waals surface area contributed by atoms with Gasteiger partial charge < -0.3 is 25.0 Å². The molecule has 2 aromatic carbocycles. The minimum Gasteiger partial charge on any atom is -0.493 e. The number of methoxy groups -OCH3 is 2. The summed E-state index contributed by atoms with van der Waals surface area (Å²) >= 11 is 5.99. The second kappa shape index (κ2) is 11.8. The minimum absolute atomic E-state index is 0.286. The standard InChI is InChI=1S/C17H19ClFNO2.C2H2O4/c1-21-16-7-6-12(10-17(16)22-2)8-9-20-11-13-14(18)4-3-5-15(13)19;3-1(4)2(5)6/h3-7,10,20H,8-9,11H2,1-2H3;(H,3,4)(H,5,6). The molecular weight excluding hydrogens is 393 g/mol. The van der Waals surface area contributed by atoms with Crippen molar-refractivity contribution in [2.45, 2.75) is 13.0 Å². The molecule has 0 aliphatic rings. The largest absolute Gasteiger partial charge is 0.493 e. The van der Waals surface area contributed by atoms with Crippen molar-refractivity contribution in [2.75, 3.05) is 20.8 Å². The van der Waals surface area contributed by atoms with E-state index in [9.17, 15) is 4.39 Å². The Bertz CT molecular complexity index is 783. The summed E-state index contributed by atoms with van der Waals surface area (Å²) in [6, 6.07) is 10.5. The van der Waals surface area contributed by atoms with Gasteiger partial charge in [-0.3, -0.25) is 0 Å². The Labute approximate surface area is 166 Å². The van der Waals surface area contributed by atoms with Crippen LogP contribution in [0.1, 0.15) is 11.1 Å². The Morgan fingerprint density at radius 1 is 1.07 bits per heavy atom. The van der Waals surface area contributed by atoms with Gasteiger partial charge in [-0.05, 0) is 42.8 Å². The molecule has 28 heavy (non-hydrogen) atoms. The van der Waals surface area contributed by atoms with Crippen LogP contribution in [0.4, 0.5) is 4.39 Å². The van der Waals surface area contributed by atoms with E-state index in [1.165, 1.54) is 6.07 Å². The van der Waals surface area contributed by atoms with Gasteiger partial charge in [-0.25, -0.2) is 14.0 Å². The van der Waals surface area contributed by atoms with E-state index in [4.69, 9.17) is 40.9 Å². The molecule has 0 aliphatic carbocycles. The van der Waals surface area contributed by atoms with Crippen LogP contribution in [0.25, 0.3) is 0 Å². The van der Waals surface area contributed by atoms with Crippen molar-refractivity contribution in [1.82, 2.24) is 5.32 Å². The van der Waals surface area contributed by atoms with Gasteiger partial charge in [0.1, 0.15) is 5.82 Å². The number of hydrogen-bond acceptors (Lipinski definition) is 5. The lowest BCUT2D eigenvalue weighted by molar-refractivity contribution is -0.159. The van der Waals surface area contributed by atoms with Gasteiger partial charge in [0.05, 0.1) is 14.2 Å². The summed E-state index contributed by atoms with van der Waals surface area (Å²) in [5.74, 6) is -2.52. The highest BCUT2D eigenvalue weighted by atomic mass is 35.5. The number of aliphatic carboxylic acids is 2. The third-order valence-corrected chi connectivity index (χ3v) is 3.94. The van der Waals surface area contributed by atoms with E-state index >= 15 is 0 Å². The van der Waals surface area contributed by atoms with Crippen LogP contribution in [0.3, 0.4) is 0 Å². The van der Waals surface area contributed by atoms with Gasteiger partial charge in [-0.15, -0.1) is 0 Å². The highest BCUT2D eigenvalue weighted by Crippen LogP contribution is 2.27. The molecule has 2 aromatic rings. The van der Waals surface area contributed by atoms with Gasteiger partial charge in [-0.1, -0.05) is 23.7 Å². The molecule has 0 aliphatic heterocycles. The van der Waals surface area contributed by atoms with Gasteiger partial charge in [-0.2, -0.15) is 0 Å². The molecule has 0 heterocycles. The first-order valence-electron chi connectivity index (χ1n) is 8.10. The average molecular weight is 414 g/mol. The number of ether oxygens (including phenoxy) is 2. The number of carboxylic acid groups (broad SMARTS) is 2. The van der Waals surface area contributed by atoms with Crippen LogP contribution in [0.5, 0.6) is 11.5 Å². The van der Waals surface area contributed by atoms with E-state index in [0.29, 0.717) is 35.2 Å². The summed E-state index contributed by atoms with van der Waals surface area (Å²) < 4.78 is 24.1. The molecule has 0 aromatic heterocycles. The Hall–Kier alpha value is -2.84. The summed E-state index contributed by atoms with van der Waals surface area (Å²) in [5, 5.41) is 18.4. The molecule has 7 nitrogen and oxygen atoms in total. The zero-order chi connectivity index (χ0) is 21.1. The van der Waals surface area contributed by atoms with E-state index in [1.54, 1.807) is 26.4 Å². The fourth-order valence-electron chi connectivity index (χ4n) is 2.18. The third-order valence-electron chi connectivity index (χ3n) is 3.58. The maximum atomic E-state index is 13.6. The zero-order valence-electron chi connectivity index (χ0n) is 15.4. The predicted octanol–water partition coefficient (Wildman–Crippen LogP) is 2.98. The first-order valence-corrected chi connectivity index (χ1v) is 8.48. The van der Waals surface area contributed by atoms with E-state index in [-0.39, 0.29) is 5.82 Å². The highest BCUT2D eigenvalue weighted by molar-refractivity contribution is 6.31. The van der Waals surface area contributed by atoms with Gasteiger partial charge in [0.25, 0.3) is 0 Å². The molecule has 9 heteroatoms. The van der Waals surface area contributed by atoms with E-state index in [0.717, 1.165) is 12.0 Å². The Balaban J connectivity index is 0.000000568. The van der Waals surface area contributed by atoms with Gasteiger partial charge in [0, 0.05) is 17.1 Å². The van der Waals surface area contributed by atoms with Crippen molar-refractivity contribution < 1.29 is 33.7 Å². The first kappa shape index (κ1) is 23.2. The molecule has 2 rings (SSSR count). The van der Waals surface area contributed by atoms with Crippen molar-refractivity contribution in [3.8, 4) is 11.5 Å². The maximum Gasteiger partial charge on any atom is 0.414 e. The number of rotatable bonds is 7. The van der Waals surface area contributed by atoms with Crippen LogP contribution in [-0.4, -0.2) is 42.9 Å². The van der Waals surface area contributed by atoms with E-state index < -0.39 is 11.9 Å². The van der Waals surface area contributed by atoms with E-state index in [2.05, 4.69) is 5.32 Å². The lowest BCUT2D eigenvalue weighted by Crippen LogP contribution is -2.17. The second-order valence-corrected chi connectivity index (χ2v) is 5.83. The molecule has 0 amide bonds. The van der Waals surface area contributed by atoms with Crippen molar-refractivity contribution in [3.05, 3.63) is 58.4 Å². The number of halogens is 2. The minimum atomic E-state index is -1.82. The average Bonchev–Trinajstić information content (AvgIpc) is 2.67. The van der Waals surface area contributed by atoms with Gasteiger partial charge in [0.15, 0.2) is 11.5 Å². The first-order chi connectivity index (χ1) is 13.3. The second-order valence-electron chi connectivity index (χ2n) is 5.43. The summed E-state index contributed by atoms with van der Waals surface area (Å²) in [7, 11) is 3.22. The number of carboxylic acids is 2. The van der Waals surface area contributed by atoms with Crippen molar-refractivity contribution >= 4 is 23.5 Å². The van der Waals surface area contributed by atoms with Crippen LogP contribution in [-0.2, 0) is 22.6 Å². The van der Waals surface area contributed by atoms with Crippen LogP contribution in [0.15, 0.2) is 36.4 Å². The molecule has 0 atom stereocenters. The zero-order valence-corrected chi connectivity index (χ0v) is 16.1. The maximum absolute atomic E-state index is 13.6. The van der Waals surface area contributed by atoms with Gasteiger partial charge >= 0.3 is 11.9 Å². The summed E-state index contributed by atoms with van der Waals surface area (Å²) in [5.41, 5.74) is 1.61. The number of carbonyl (C=O) groups is 2. The summed E-state index contributed by atoms with van der Waals surface area (Å²) in [6.45, 7) is 1.11. The smallest absolute Gasteiger partial charge is 0.414 e. The van der Waals surface area contributed by atoms with E-state index in [1.807, 2.05) is 18.2 Å². The topological polar surface area (TPSA) is 105 Å². The van der Waals surface area contributed by atoms with Crippen LogP contribution in [0, 0.1) is 5.82 Å². The van der Waals surface area contributed by atoms with Crippen molar-refractivity contribution in [2.24, 2.45) is 0 Å². The molecule has 0 radical (unpaired) electrons. The molecule has 3 N–H and O–H groups in total. The predicted molar refractivity (Wildman–Crippen MR) is 102 cm³/mol. The van der Waals surface area contributed by atoms with Gasteiger partial charge in [0.2, 0.25) is 0 Å². The Kier molecular flexibility index (Phi) is 9.76. The SMILES string of the molecule is COc1ccc(CCNCc2c(F)cccc2Cl)cc1OC.O=C(O)C(=O)O. The number of nitrogens with one attached hydrogen (secondary N) is 1. The van der Waals surface area contributed by atoms with Crippen LogP contribution in [0.2, 0.25) is 5.02 Å². The van der Waals surface area contributed by atoms with Crippen LogP contribution < -0.4 is 14.8 Å². The fourth-order valence-corrected chi connectivity index (χ4v) is 2.41. The molecule has 0 unspecified atom stereocenters. The molecule has 0 bridgehead atoms. The summed E-state index contributed by atoms with van der Waals surface area (Å²) in [6.07, 6.45) is 0.798. The number of benzene rings is 2. The Morgan fingerprint density at radius 2 is 1.71 bits per heavy atom.